The van der Waals surface area contributed by atoms with Gasteiger partial charge in [-0.3, -0.25) is 0 Å². The van der Waals surface area contributed by atoms with E-state index < -0.39 is 14.2 Å². The van der Waals surface area contributed by atoms with Crippen molar-refractivity contribution in [2.75, 3.05) is 0 Å². The monoisotopic (exact) mass is 228 g/mol. The van der Waals surface area contributed by atoms with Crippen molar-refractivity contribution in [3.05, 3.63) is 30.3 Å². The second-order valence-corrected chi connectivity index (χ2v) is 3.52. The maximum absolute atomic E-state index is 10.3. The molecule has 1 aromatic carbocycles. The van der Waals surface area contributed by atoms with Gasteiger partial charge in [-0.05, 0) is 0 Å². The van der Waals surface area contributed by atoms with Gasteiger partial charge in [-0.1, -0.05) is 0 Å². The first-order valence-corrected chi connectivity index (χ1v) is 4.70. The fourth-order valence-corrected chi connectivity index (χ4v) is 1.33. The third-order valence-corrected chi connectivity index (χ3v) is 2.31. The molecule has 1 rings (SSSR count). The first-order chi connectivity index (χ1) is 4.30. The van der Waals surface area contributed by atoms with Crippen LogP contribution >= 0.6 is 0 Å². The summed E-state index contributed by atoms with van der Waals surface area (Å²) in [7, 11) is 0. The Morgan fingerprint density at radius 1 is 1.20 bits per heavy atom. The molecule has 10 heavy (non-hydrogen) atoms. The normalized spacial score (nSPS) is 11.7. The van der Waals surface area contributed by atoms with E-state index in [1.807, 2.05) is 0 Å². The Labute approximate surface area is 106 Å². The zero-order valence-corrected chi connectivity index (χ0v) is 10.4. The van der Waals surface area contributed by atoms with Gasteiger partial charge in [-0.2, -0.15) is 0 Å². The van der Waals surface area contributed by atoms with Gasteiger partial charge in [0.05, 0.1) is 0 Å². The second-order valence-electron chi connectivity index (χ2n) is 1.55. The van der Waals surface area contributed by atoms with E-state index in [4.69, 9.17) is 0 Å². The molecule has 0 heterocycles. The third kappa shape index (κ3) is 3.50. The van der Waals surface area contributed by atoms with E-state index in [-0.39, 0.29) is 51.4 Å². The summed E-state index contributed by atoms with van der Waals surface area (Å²) in [6, 6.07) is 8.39. The zero-order chi connectivity index (χ0) is 6.69. The van der Waals surface area contributed by atoms with Crippen LogP contribution in [-0.4, -0.2) is 14.2 Å². The van der Waals surface area contributed by atoms with Crippen LogP contribution in [0.3, 0.4) is 0 Å². The minimum absolute atomic E-state index is 0. The van der Waals surface area contributed by atoms with E-state index in [2.05, 4.69) is 0 Å². The summed E-state index contributed by atoms with van der Waals surface area (Å²) in [6.45, 7) is 0. The van der Waals surface area contributed by atoms with Crippen molar-refractivity contribution in [1.29, 1.82) is 0 Å². The molecule has 0 fully saturated rings. The van der Waals surface area contributed by atoms with E-state index in [0.717, 1.165) is 0 Å². The third-order valence-electron chi connectivity index (χ3n) is 0.936. The zero-order valence-electron chi connectivity index (χ0n) is 5.61. The van der Waals surface area contributed by atoms with E-state index in [0.29, 0.717) is 4.46 Å². The fourth-order valence-electron chi connectivity index (χ4n) is 0.532. The summed E-state index contributed by atoms with van der Waals surface area (Å²) in [6.07, 6.45) is 0. The molecular weight excluding hydrogens is 222 g/mol. The molecule has 0 bridgehead atoms. The van der Waals surface area contributed by atoms with Crippen molar-refractivity contribution >= 4 is 18.6 Å². The molecule has 0 radical (unpaired) electrons. The smallest absolute Gasteiger partial charge is 1.00 e. The predicted octanol–water partition coefficient (Wildman–Crippen LogP) is -3.82. The molecule has 2 nitrogen and oxygen atoms in total. The average Bonchev–Trinajstić information content (AvgIpc) is 1.90. The van der Waals surface area contributed by atoms with Crippen molar-refractivity contribution in [2.24, 2.45) is 0 Å². The quantitative estimate of drug-likeness (QED) is 0.461. The number of benzene rings is 1. The first kappa shape index (κ1) is 11.1. The summed E-state index contributed by atoms with van der Waals surface area (Å²) in [5.41, 5.74) is 0. The first-order valence-electron chi connectivity index (χ1n) is 2.45. The van der Waals surface area contributed by atoms with Gasteiger partial charge in [0, 0.05) is 0 Å². The number of hydrogen-bond donors (Lipinski definition) is 0. The number of hydrogen-bond acceptors (Lipinski definition) is 2. The van der Waals surface area contributed by atoms with Crippen LogP contribution in [0.25, 0.3) is 0 Å². The van der Waals surface area contributed by atoms with Crippen LogP contribution in [0, 0.1) is 0 Å². The average molecular weight is 227 g/mol. The van der Waals surface area contributed by atoms with Crippen LogP contribution in [0.15, 0.2) is 30.3 Å². The van der Waals surface area contributed by atoms with Crippen molar-refractivity contribution < 1.29 is 59.4 Å². The van der Waals surface area contributed by atoms with Gasteiger partial charge >= 0.3 is 108 Å². The minimum atomic E-state index is -2.91. The topological polar surface area (TPSA) is 40.1 Å². The molecule has 0 N–H and O–H groups in total. The summed E-state index contributed by atoms with van der Waals surface area (Å²) in [5.74, 6) is 0. The Morgan fingerprint density at radius 3 is 2.00 bits per heavy atom. The van der Waals surface area contributed by atoms with Crippen molar-refractivity contribution in [3.8, 4) is 0 Å². The molecule has 4 heteroatoms. The molecule has 0 aromatic heterocycles. The second kappa shape index (κ2) is 5.74. The Morgan fingerprint density at radius 2 is 1.70 bits per heavy atom. The molecule has 0 amide bonds. The Bertz CT molecular complexity index is 212. The molecule has 1 unspecified atom stereocenters. The van der Waals surface area contributed by atoms with E-state index in [1.165, 1.54) is 0 Å². The molecule has 1 atom stereocenters. The van der Waals surface area contributed by atoms with E-state index >= 15 is 0 Å². The van der Waals surface area contributed by atoms with Crippen LogP contribution in [0.1, 0.15) is 0 Å². The van der Waals surface area contributed by atoms with Gasteiger partial charge in [0.1, 0.15) is 0 Å². The molecule has 0 spiro atoms. The molecule has 0 aliphatic rings. The Kier molecular flexibility index (Phi) is 6.40. The van der Waals surface area contributed by atoms with Crippen molar-refractivity contribution in [2.45, 2.75) is 0 Å². The van der Waals surface area contributed by atoms with E-state index in [1.54, 1.807) is 30.3 Å². The van der Waals surface area contributed by atoms with Crippen LogP contribution in [-0.2, 0) is 3.83 Å². The minimum Gasteiger partial charge on any atom is 1.00 e. The van der Waals surface area contributed by atoms with Crippen LogP contribution in [0.2, 0.25) is 0 Å². The van der Waals surface area contributed by atoms with Gasteiger partial charge in [-0.25, -0.2) is 0 Å². The summed E-state index contributed by atoms with van der Waals surface area (Å²) in [4.78, 5) is 0. The Hall–Kier alpha value is 1.14. The Balaban J connectivity index is 0.000000810. The molecule has 0 aliphatic carbocycles. The van der Waals surface area contributed by atoms with Crippen LogP contribution < -0.4 is 60.0 Å². The maximum Gasteiger partial charge on any atom is 1.00 e. The number of rotatable bonds is 1. The standard InChI is InChI=1S/C6H6O2Se.K/c7-9(8)6-4-2-1-3-5-6;/h1-5H,(H,7,8);/q;+1/p-1. The van der Waals surface area contributed by atoms with Gasteiger partial charge < -0.3 is 0 Å². The van der Waals surface area contributed by atoms with Crippen molar-refractivity contribution in [3.63, 3.8) is 0 Å². The summed E-state index contributed by atoms with van der Waals surface area (Å²) >= 11 is -2.91. The molecular formula is C6H5KO2Se. The summed E-state index contributed by atoms with van der Waals surface area (Å²) < 4.78 is 21.0. The SMILES string of the molecule is O=[Se]([O-])c1ccccc1.[K+]. The molecule has 1 aromatic rings. The van der Waals surface area contributed by atoms with Gasteiger partial charge in [0.2, 0.25) is 0 Å². The fraction of sp³-hybridized carbons (Fsp3) is 0. The van der Waals surface area contributed by atoms with Gasteiger partial charge in [0.25, 0.3) is 0 Å². The van der Waals surface area contributed by atoms with Crippen LogP contribution in [0.5, 0.6) is 0 Å². The predicted molar refractivity (Wildman–Crippen MR) is 32.5 cm³/mol. The van der Waals surface area contributed by atoms with Crippen molar-refractivity contribution in [1.82, 2.24) is 0 Å². The molecule has 0 saturated heterocycles. The van der Waals surface area contributed by atoms with E-state index in [9.17, 15) is 8.02 Å². The maximum atomic E-state index is 10.3. The van der Waals surface area contributed by atoms with Crippen LogP contribution in [0.4, 0.5) is 0 Å². The van der Waals surface area contributed by atoms with Gasteiger partial charge in [-0.15, -0.1) is 0 Å². The molecule has 0 aliphatic heterocycles. The van der Waals surface area contributed by atoms with Gasteiger partial charge in [0.15, 0.2) is 0 Å². The summed E-state index contributed by atoms with van der Waals surface area (Å²) in [5, 5.41) is 0. The molecule has 0 saturated carbocycles. The molecule has 48 valence electrons. The largest absolute Gasteiger partial charge is 1.00 e.